The third-order valence-corrected chi connectivity index (χ3v) is 6.75. The van der Waals surface area contributed by atoms with Gasteiger partial charge in [0.25, 0.3) is 0 Å². The second-order valence-corrected chi connectivity index (χ2v) is 9.44. The molecule has 2 aromatic carbocycles. The van der Waals surface area contributed by atoms with Crippen LogP contribution in [-0.4, -0.2) is 59.5 Å². The third-order valence-electron chi connectivity index (χ3n) is 6.45. The highest BCUT2D eigenvalue weighted by atomic mass is 35.5. The topological polar surface area (TPSA) is 87.3 Å². The summed E-state index contributed by atoms with van der Waals surface area (Å²) in [6, 6.07) is 11.7. The lowest BCUT2D eigenvalue weighted by molar-refractivity contribution is 0.0384. The molecule has 2 aromatic heterocycles. The molecule has 5 rings (SSSR count). The van der Waals surface area contributed by atoms with Crippen molar-refractivity contribution in [3.8, 4) is 5.75 Å². The number of nitrogens with one attached hydrogen (secondary N) is 3. The average Bonchev–Trinajstić information content (AvgIpc) is 3.23. The van der Waals surface area contributed by atoms with Gasteiger partial charge in [0.1, 0.15) is 18.2 Å². The molecule has 8 nitrogen and oxygen atoms in total. The smallest absolute Gasteiger partial charge is 0.162 e. The van der Waals surface area contributed by atoms with Gasteiger partial charge in [-0.25, -0.2) is 4.39 Å². The first kappa shape index (κ1) is 25.4. The quantitative estimate of drug-likeness (QED) is 0.257. The number of hydrogen-bond acceptors (Lipinski definition) is 7. The van der Waals surface area contributed by atoms with Crippen LogP contribution in [-0.2, 0) is 17.9 Å². The number of halogens is 2. The zero-order valence-electron chi connectivity index (χ0n) is 20.7. The maximum absolute atomic E-state index is 13.4. The van der Waals surface area contributed by atoms with E-state index in [0.717, 1.165) is 79.3 Å². The SMILES string of the molecule is Cc1c(CNCCN2CCOCC2)[nH]c2cnnc(Nc3ccc(OCc4cccc(F)c4)c(Cl)c3)c12. The third kappa shape index (κ3) is 6.37. The number of nitrogens with zero attached hydrogens (tertiary/aromatic N) is 3. The lowest BCUT2D eigenvalue weighted by Gasteiger charge is -2.26. The van der Waals surface area contributed by atoms with E-state index in [9.17, 15) is 4.39 Å². The van der Waals surface area contributed by atoms with Crippen molar-refractivity contribution in [3.05, 3.63) is 76.3 Å². The number of rotatable bonds is 10. The molecule has 194 valence electrons. The highest BCUT2D eigenvalue weighted by Gasteiger charge is 2.15. The second-order valence-electron chi connectivity index (χ2n) is 9.03. The largest absolute Gasteiger partial charge is 0.487 e. The second kappa shape index (κ2) is 11.9. The maximum atomic E-state index is 13.4. The van der Waals surface area contributed by atoms with Crippen molar-refractivity contribution in [2.45, 2.75) is 20.1 Å². The fraction of sp³-hybridized carbons (Fsp3) is 0.333. The summed E-state index contributed by atoms with van der Waals surface area (Å²) in [6.07, 6.45) is 1.74. The van der Waals surface area contributed by atoms with Gasteiger partial charge in [0.15, 0.2) is 5.82 Å². The molecule has 0 aliphatic carbocycles. The van der Waals surface area contributed by atoms with Crippen molar-refractivity contribution >= 4 is 34.0 Å². The van der Waals surface area contributed by atoms with Crippen LogP contribution in [0.2, 0.25) is 5.02 Å². The summed E-state index contributed by atoms with van der Waals surface area (Å²) in [5.41, 5.74) is 4.63. The molecule has 1 saturated heterocycles. The van der Waals surface area contributed by atoms with E-state index in [4.69, 9.17) is 21.1 Å². The zero-order valence-corrected chi connectivity index (χ0v) is 21.4. The number of H-pyrrole nitrogens is 1. The summed E-state index contributed by atoms with van der Waals surface area (Å²) >= 11 is 6.47. The average molecular weight is 525 g/mol. The Labute approximate surface area is 220 Å². The molecule has 0 spiro atoms. The molecule has 10 heteroatoms. The molecule has 0 saturated carbocycles. The first-order chi connectivity index (χ1) is 18.1. The number of hydrogen-bond donors (Lipinski definition) is 3. The number of aromatic nitrogens is 3. The predicted octanol–water partition coefficient (Wildman–Crippen LogP) is 4.80. The predicted molar refractivity (Wildman–Crippen MR) is 143 cm³/mol. The van der Waals surface area contributed by atoms with Crippen LogP contribution in [0.3, 0.4) is 0 Å². The van der Waals surface area contributed by atoms with E-state index in [1.54, 1.807) is 30.5 Å². The fourth-order valence-corrected chi connectivity index (χ4v) is 4.66. The van der Waals surface area contributed by atoms with Crippen molar-refractivity contribution in [1.82, 2.24) is 25.4 Å². The van der Waals surface area contributed by atoms with E-state index in [2.05, 4.69) is 37.6 Å². The van der Waals surface area contributed by atoms with Crippen molar-refractivity contribution in [2.75, 3.05) is 44.7 Å². The molecule has 0 bridgehead atoms. The monoisotopic (exact) mass is 524 g/mol. The molecule has 3 N–H and O–H groups in total. The summed E-state index contributed by atoms with van der Waals surface area (Å²) in [7, 11) is 0. The van der Waals surface area contributed by atoms with Gasteiger partial charge in [-0.15, -0.1) is 5.10 Å². The first-order valence-corrected chi connectivity index (χ1v) is 12.7. The number of aryl methyl sites for hydroxylation is 1. The van der Waals surface area contributed by atoms with Gasteiger partial charge >= 0.3 is 0 Å². The highest BCUT2D eigenvalue weighted by molar-refractivity contribution is 6.32. The number of morpholine rings is 1. The van der Waals surface area contributed by atoms with E-state index in [-0.39, 0.29) is 12.4 Å². The molecular weight excluding hydrogens is 495 g/mol. The molecule has 0 amide bonds. The number of fused-ring (bicyclic) bond motifs is 1. The van der Waals surface area contributed by atoms with Crippen LogP contribution >= 0.6 is 11.6 Å². The van der Waals surface area contributed by atoms with E-state index in [1.807, 2.05) is 6.07 Å². The van der Waals surface area contributed by atoms with Crippen molar-refractivity contribution in [3.63, 3.8) is 0 Å². The van der Waals surface area contributed by atoms with E-state index in [1.165, 1.54) is 12.1 Å². The van der Waals surface area contributed by atoms with Crippen LogP contribution in [0.25, 0.3) is 10.9 Å². The number of anilines is 2. The summed E-state index contributed by atoms with van der Waals surface area (Å²) in [5.74, 6) is 0.869. The van der Waals surface area contributed by atoms with Crippen LogP contribution in [0.15, 0.2) is 48.7 Å². The molecular formula is C27H30ClFN6O2. The molecule has 4 aromatic rings. The normalized spacial score (nSPS) is 14.2. The molecule has 1 aliphatic rings. The Morgan fingerprint density at radius 1 is 1.19 bits per heavy atom. The molecule has 0 atom stereocenters. The van der Waals surface area contributed by atoms with Gasteiger partial charge in [-0.05, 0) is 48.4 Å². The first-order valence-electron chi connectivity index (χ1n) is 12.3. The van der Waals surface area contributed by atoms with Crippen LogP contribution in [0, 0.1) is 12.7 Å². The molecule has 1 fully saturated rings. The standard InChI is InChI=1S/C27H30ClFN6O2/c1-18-23(15-30-7-8-35-9-11-36-12-10-35)33-24-16-31-34-27(26(18)24)32-21-5-6-25(22(28)14-21)37-17-19-3-2-4-20(29)13-19/h2-6,13-14,16,30,33H,7-12,15,17H2,1H3,(H,32,34). The minimum atomic E-state index is -0.297. The van der Waals surface area contributed by atoms with E-state index >= 15 is 0 Å². The Bertz CT molecular complexity index is 1360. The van der Waals surface area contributed by atoms with Gasteiger partial charge in [0.05, 0.1) is 29.9 Å². The van der Waals surface area contributed by atoms with E-state index in [0.29, 0.717) is 16.6 Å². The van der Waals surface area contributed by atoms with E-state index < -0.39 is 0 Å². The van der Waals surface area contributed by atoms with Gasteiger partial charge in [-0.1, -0.05) is 23.7 Å². The van der Waals surface area contributed by atoms with Crippen LogP contribution in [0.1, 0.15) is 16.8 Å². The molecule has 0 radical (unpaired) electrons. The summed E-state index contributed by atoms with van der Waals surface area (Å²) < 4.78 is 24.6. The Hall–Kier alpha value is -3.24. The van der Waals surface area contributed by atoms with Crippen molar-refractivity contribution in [2.24, 2.45) is 0 Å². The van der Waals surface area contributed by atoms with Gasteiger partial charge in [0, 0.05) is 49.5 Å². The van der Waals surface area contributed by atoms with Crippen LogP contribution < -0.4 is 15.4 Å². The molecule has 37 heavy (non-hydrogen) atoms. The lowest BCUT2D eigenvalue weighted by atomic mass is 10.2. The van der Waals surface area contributed by atoms with Crippen molar-refractivity contribution < 1.29 is 13.9 Å². The summed E-state index contributed by atoms with van der Waals surface area (Å²) in [6.45, 7) is 8.55. The number of aromatic amines is 1. The van der Waals surface area contributed by atoms with Crippen LogP contribution in [0.5, 0.6) is 5.75 Å². The van der Waals surface area contributed by atoms with Gasteiger partial charge in [-0.3, -0.25) is 4.90 Å². The highest BCUT2D eigenvalue weighted by Crippen LogP contribution is 2.32. The number of ether oxygens (including phenoxy) is 2. The fourth-order valence-electron chi connectivity index (χ4n) is 4.43. The molecule has 0 unspecified atom stereocenters. The number of benzene rings is 2. The molecule has 3 heterocycles. The Morgan fingerprint density at radius 3 is 2.86 bits per heavy atom. The van der Waals surface area contributed by atoms with Gasteiger partial charge in [-0.2, -0.15) is 5.10 Å². The minimum Gasteiger partial charge on any atom is -0.487 e. The molecule has 1 aliphatic heterocycles. The minimum absolute atomic E-state index is 0.223. The summed E-state index contributed by atoms with van der Waals surface area (Å²) in [5, 5.41) is 16.8. The summed E-state index contributed by atoms with van der Waals surface area (Å²) in [4.78, 5) is 5.88. The Kier molecular flexibility index (Phi) is 8.15. The van der Waals surface area contributed by atoms with Gasteiger partial charge in [0.2, 0.25) is 0 Å². The van der Waals surface area contributed by atoms with Gasteiger partial charge < -0.3 is 25.1 Å². The lowest BCUT2D eigenvalue weighted by Crippen LogP contribution is -2.40. The Balaban J connectivity index is 1.23. The Morgan fingerprint density at radius 2 is 2.05 bits per heavy atom. The van der Waals surface area contributed by atoms with Crippen molar-refractivity contribution in [1.29, 1.82) is 0 Å². The maximum Gasteiger partial charge on any atom is 0.162 e. The zero-order chi connectivity index (χ0) is 25.6. The van der Waals surface area contributed by atoms with Crippen LogP contribution in [0.4, 0.5) is 15.9 Å².